The van der Waals surface area contributed by atoms with E-state index in [-0.39, 0.29) is 23.0 Å². The third kappa shape index (κ3) is 2.98. The molecule has 0 spiro atoms. The molecule has 0 aliphatic rings. The Morgan fingerprint density at radius 2 is 1.86 bits per heavy atom. The smallest absolute Gasteiger partial charge is 0.403 e. The molecule has 0 saturated heterocycles. The summed E-state index contributed by atoms with van der Waals surface area (Å²) in [7, 11) is 0. The summed E-state index contributed by atoms with van der Waals surface area (Å²) in [5.41, 5.74) is 9.79. The van der Waals surface area contributed by atoms with Crippen LogP contribution in [0.1, 0.15) is 5.56 Å². The highest BCUT2D eigenvalue weighted by Gasteiger charge is 2.33. The predicted molar refractivity (Wildman–Crippen MR) is 67.6 cm³/mol. The highest BCUT2D eigenvalue weighted by atomic mass is 19.4. The van der Waals surface area contributed by atoms with Crippen molar-refractivity contribution < 1.29 is 22.3 Å². The van der Waals surface area contributed by atoms with E-state index >= 15 is 0 Å². The van der Waals surface area contributed by atoms with E-state index in [9.17, 15) is 17.6 Å². The second-order valence-corrected chi connectivity index (χ2v) is 3.97. The molecule has 10 heteroatoms. The lowest BCUT2D eigenvalue weighted by atomic mass is 10.1. The number of aromatic nitrogens is 2. The van der Waals surface area contributed by atoms with E-state index < -0.39 is 23.5 Å². The molecule has 1 aromatic carbocycles. The topological polar surface area (TPSA) is 111 Å². The quantitative estimate of drug-likeness (QED) is 0.822. The normalized spacial score (nSPS) is 11.0. The van der Waals surface area contributed by atoms with Gasteiger partial charge in [-0.1, -0.05) is 6.07 Å². The molecule has 2 aromatic rings. The van der Waals surface area contributed by atoms with Crippen molar-refractivity contribution in [3.8, 4) is 23.1 Å². The molecule has 0 fully saturated rings. The summed E-state index contributed by atoms with van der Waals surface area (Å²) in [5.74, 6) is -3.09. The van der Waals surface area contributed by atoms with E-state index in [0.29, 0.717) is 0 Å². The van der Waals surface area contributed by atoms with Crippen molar-refractivity contribution >= 4 is 11.8 Å². The molecule has 22 heavy (non-hydrogen) atoms. The maximum atomic E-state index is 14.2. The Labute approximate surface area is 121 Å². The SMILES string of the molecule is N#Cc1c(N)nc(N)nc1-c1cccc(OC(F)(F)F)c1F. The number of rotatable bonds is 2. The molecule has 0 aliphatic carbocycles. The van der Waals surface area contributed by atoms with Crippen molar-refractivity contribution in [2.75, 3.05) is 11.5 Å². The third-order valence-electron chi connectivity index (χ3n) is 2.51. The Bertz CT molecular complexity index is 769. The number of benzene rings is 1. The molecule has 0 radical (unpaired) electrons. The Balaban J connectivity index is 2.65. The highest BCUT2D eigenvalue weighted by Crippen LogP contribution is 2.34. The van der Waals surface area contributed by atoms with Gasteiger partial charge in [-0.15, -0.1) is 13.2 Å². The van der Waals surface area contributed by atoms with Gasteiger partial charge >= 0.3 is 6.36 Å². The minimum atomic E-state index is -5.07. The van der Waals surface area contributed by atoms with Crippen molar-refractivity contribution in [1.82, 2.24) is 9.97 Å². The fourth-order valence-corrected chi connectivity index (χ4v) is 1.70. The maximum absolute atomic E-state index is 14.2. The van der Waals surface area contributed by atoms with E-state index in [1.54, 1.807) is 6.07 Å². The van der Waals surface area contributed by atoms with Crippen LogP contribution in [0.3, 0.4) is 0 Å². The zero-order valence-corrected chi connectivity index (χ0v) is 10.6. The van der Waals surface area contributed by atoms with Gasteiger partial charge in [0.25, 0.3) is 0 Å². The molecule has 0 unspecified atom stereocenters. The van der Waals surface area contributed by atoms with Crippen LogP contribution in [0.2, 0.25) is 0 Å². The first-order valence-electron chi connectivity index (χ1n) is 5.60. The highest BCUT2D eigenvalue weighted by molar-refractivity contribution is 5.74. The van der Waals surface area contributed by atoms with Crippen molar-refractivity contribution in [1.29, 1.82) is 5.26 Å². The molecule has 0 aliphatic heterocycles. The fourth-order valence-electron chi connectivity index (χ4n) is 1.70. The minimum absolute atomic E-state index is 0.308. The van der Waals surface area contributed by atoms with Crippen LogP contribution in [0.5, 0.6) is 5.75 Å². The van der Waals surface area contributed by atoms with E-state index in [1.165, 1.54) is 0 Å². The molecule has 0 bridgehead atoms. The Kier molecular flexibility index (Phi) is 3.73. The molecular formula is C12H7F4N5O. The molecule has 0 saturated carbocycles. The van der Waals surface area contributed by atoms with Crippen molar-refractivity contribution in [2.24, 2.45) is 0 Å². The first kappa shape index (κ1) is 15.3. The van der Waals surface area contributed by atoms with Gasteiger partial charge in [0.15, 0.2) is 11.6 Å². The van der Waals surface area contributed by atoms with E-state index in [2.05, 4.69) is 14.7 Å². The fraction of sp³-hybridized carbons (Fsp3) is 0.0833. The lowest BCUT2D eigenvalue weighted by Gasteiger charge is -2.12. The van der Waals surface area contributed by atoms with E-state index in [1.807, 2.05) is 0 Å². The molecule has 114 valence electrons. The van der Waals surface area contributed by atoms with Gasteiger partial charge in [0, 0.05) is 5.56 Å². The largest absolute Gasteiger partial charge is 0.573 e. The van der Waals surface area contributed by atoms with Crippen LogP contribution in [0.4, 0.5) is 29.3 Å². The summed E-state index contributed by atoms with van der Waals surface area (Å²) in [6.07, 6.45) is -5.07. The Hall–Kier alpha value is -3.09. The van der Waals surface area contributed by atoms with Crippen LogP contribution >= 0.6 is 0 Å². The number of nitrogen functional groups attached to an aromatic ring is 2. The zero-order valence-electron chi connectivity index (χ0n) is 10.6. The first-order chi connectivity index (χ1) is 10.2. The number of halogens is 4. The number of anilines is 2. The second kappa shape index (κ2) is 5.36. The molecule has 4 N–H and O–H groups in total. The van der Waals surface area contributed by atoms with Gasteiger partial charge < -0.3 is 16.2 Å². The number of nitrogens with two attached hydrogens (primary N) is 2. The molecule has 2 rings (SSSR count). The number of hydrogen-bond donors (Lipinski definition) is 2. The predicted octanol–water partition coefficient (Wildman–Crippen LogP) is 2.22. The van der Waals surface area contributed by atoms with Crippen LogP contribution in [-0.2, 0) is 0 Å². The lowest BCUT2D eigenvalue weighted by molar-refractivity contribution is -0.275. The van der Waals surface area contributed by atoms with Crippen LogP contribution in [0, 0.1) is 17.1 Å². The van der Waals surface area contributed by atoms with E-state index in [4.69, 9.17) is 16.7 Å². The molecule has 6 nitrogen and oxygen atoms in total. The summed E-state index contributed by atoms with van der Waals surface area (Å²) in [5, 5.41) is 9.01. The number of ether oxygens (including phenoxy) is 1. The third-order valence-corrected chi connectivity index (χ3v) is 2.51. The number of alkyl halides is 3. The average Bonchev–Trinajstić information content (AvgIpc) is 2.39. The van der Waals surface area contributed by atoms with Gasteiger partial charge in [-0.2, -0.15) is 10.2 Å². The van der Waals surface area contributed by atoms with Gasteiger partial charge in [-0.25, -0.2) is 9.37 Å². The standard InChI is InChI=1S/C12H7F4N5O/c13-8-5(2-1-3-7(8)22-12(14,15)16)9-6(4-17)10(18)21-11(19)20-9/h1-3H,(H4,18,19,20,21). The number of nitriles is 1. The molecule has 1 aromatic heterocycles. The Morgan fingerprint density at radius 3 is 2.45 bits per heavy atom. The van der Waals surface area contributed by atoms with Crippen LogP contribution < -0.4 is 16.2 Å². The molecular weight excluding hydrogens is 306 g/mol. The zero-order chi connectivity index (χ0) is 16.5. The van der Waals surface area contributed by atoms with Gasteiger partial charge in [-0.05, 0) is 12.1 Å². The maximum Gasteiger partial charge on any atom is 0.573 e. The van der Waals surface area contributed by atoms with Crippen LogP contribution in [-0.4, -0.2) is 16.3 Å². The lowest BCUT2D eigenvalue weighted by Crippen LogP contribution is -2.18. The monoisotopic (exact) mass is 313 g/mol. The molecule has 0 atom stereocenters. The summed E-state index contributed by atoms with van der Waals surface area (Å²) >= 11 is 0. The minimum Gasteiger partial charge on any atom is -0.403 e. The van der Waals surface area contributed by atoms with Crippen molar-refractivity contribution in [2.45, 2.75) is 6.36 Å². The number of hydrogen-bond acceptors (Lipinski definition) is 6. The van der Waals surface area contributed by atoms with Gasteiger partial charge in [-0.3, -0.25) is 0 Å². The van der Waals surface area contributed by atoms with Crippen molar-refractivity contribution in [3.05, 3.63) is 29.6 Å². The summed E-state index contributed by atoms with van der Waals surface area (Å²) in [6.45, 7) is 0. The van der Waals surface area contributed by atoms with Crippen LogP contribution in [0.15, 0.2) is 18.2 Å². The summed E-state index contributed by atoms with van der Waals surface area (Å²) in [4.78, 5) is 7.19. The molecule has 1 heterocycles. The van der Waals surface area contributed by atoms with Gasteiger partial charge in [0.1, 0.15) is 17.5 Å². The van der Waals surface area contributed by atoms with Gasteiger partial charge in [0.05, 0.1) is 5.69 Å². The molecule has 0 amide bonds. The van der Waals surface area contributed by atoms with Crippen LogP contribution in [0.25, 0.3) is 11.3 Å². The second-order valence-electron chi connectivity index (χ2n) is 3.97. The van der Waals surface area contributed by atoms with Crippen molar-refractivity contribution in [3.63, 3.8) is 0 Å². The summed E-state index contributed by atoms with van der Waals surface area (Å²) in [6, 6.07) is 4.65. The summed E-state index contributed by atoms with van der Waals surface area (Å²) < 4.78 is 54.4. The van der Waals surface area contributed by atoms with E-state index in [0.717, 1.165) is 18.2 Å². The van der Waals surface area contributed by atoms with Gasteiger partial charge in [0.2, 0.25) is 5.95 Å². The Morgan fingerprint density at radius 1 is 1.18 bits per heavy atom. The first-order valence-corrected chi connectivity index (χ1v) is 5.60. The average molecular weight is 313 g/mol. The number of nitrogens with zero attached hydrogens (tertiary/aromatic N) is 3.